The molecule has 0 radical (unpaired) electrons. The maximum atomic E-state index is 12.6. The Labute approximate surface area is 101 Å². The minimum Gasteiger partial charge on any atom is -0.460 e. The molecule has 0 aromatic heterocycles. The Morgan fingerprint density at radius 1 is 1.18 bits per heavy atom. The van der Waals surface area contributed by atoms with Crippen LogP contribution in [0.5, 0.6) is 0 Å². The van der Waals surface area contributed by atoms with Crippen LogP contribution in [0.1, 0.15) is 31.1 Å². The highest BCUT2D eigenvalue weighted by Crippen LogP contribution is 2.07. The van der Waals surface area contributed by atoms with Crippen molar-refractivity contribution in [1.82, 2.24) is 0 Å². The van der Waals surface area contributed by atoms with Crippen LogP contribution in [0.2, 0.25) is 0 Å². The summed E-state index contributed by atoms with van der Waals surface area (Å²) in [4.78, 5) is 11.5. The van der Waals surface area contributed by atoms with E-state index in [1.807, 2.05) is 20.8 Å². The summed E-state index contributed by atoms with van der Waals surface area (Å²) in [5, 5.41) is 0. The third kappa shape index (κ3) is 5.45. The van der Waals surface area contributed by atoms with E-state index in [9.17, 15) is 9.18 Å². The third-order valence-corrected chi connectivity index (χ3v) is 1.93. The lowest BCUT2D eigenvalue weighted by molar-refractivity contribution is -0.0281. The number of ether oxygens (including phenoxy) is 2. The van der Waals surface area contributed by atoms with Gasteiger partial charge in [-0.25, -0.2) is 9.18 Å². The van der Waals surface area contributed by atoms with Crippen LogP contribution in [0.3, 0.4) is 0 Å². The summed E-state index contributed by atoms with van der Waals surface area (Å²) < 4.78 is 23.0. The van der Waals surface area contributed by atoms with Gasteiger partial charge in [0.15, 0.2) is 0 Å². The number of carbonyl (C=O) groups excluding carboxylic acids is 1. The van der Waals surface area contributed by atoms with Crippen molar-refractivity contribution in [1.29, 1.82) is 0 Å². The maximum Gasteiger partial charge on any atom is 0.338 e. The second kappa shape index (κ2) is 5.77. The van der Waals surface area contributed by atoms with Gasteiger partial charge in [-0.15, -0.1) is 0 Å². The average Bonchev–Trinajstić information content (AvgIpc) is 2.24. The molecule has 1 aromatic carbocycles. The number of rotatable bonds is 4. The van der Waals surface area contributed by atoms with Gasteiger partial charge in [0.25, 0.3) is 0 Å². The number of hydrogen-bond acceptors (Lipinski definition) is 3. The maximum absolute atomic E-state index is 12.6. The Morgan fingerprint density at radius 3 is 2.29 bits per heavy atom. The molecule has 0 aliphatic rings. The van der Waals surface area contributed by atoms with E-state index in [0.717, 1.165) is 0 Å². The van der Waals surface area contributed by atoms with Gasteiger partial charge in [0, 0.05) is 0 Å². The van der Waals surface area contributed by atoms with E-state index in [2.05, 4.69) is 0 Å². The van der Waals surface area contributed by atoms with E-state index in [0.29, 0.717) is 12.2 Å². The normalized spacial score (nSPS) is 11.3. The lowest BCUT2D eigenvalue weighted by Crippen LogP contribution is -2.22. The molecule has 4 heteroatoms. The van der Waals surface area contributed by atoms with E-state index in [1.54, 1.807) is 0 Å². The predicted molar refractivity (Wildman–Crippen MR) is 62.4 cm³/mol. The molecule has 0 bridgehead atoms. The van der Waals surface area contributed by atoms with Gasteiger partial charge in [0.2, 0.25) is 0 Å². The van der Waals surface area contributed by atoms with E-state index < -0.39 is 5.97 Å². The molecule has 1 rings (SSSR count). The predicted octanol–water partition coefficient (Wildman–Crippen LogP) is 2.80. The Kier molecular flexibility index (Phi) is 4.63. The summed E-state index contributed by atoms with van der Waals surface area (Å²) in [7, 11) is 0. The van der Waals surface area contributed by atoms with Crippen molar-refractivity contribution in [3.8, 4) is 0 Å². The van der Waals surface area contributed by atoms with E-state index in [-0.39, 0.29) is 18.0 Å². The number of halogens is 1. The molecule has 94 valence electrons. The fourth-order valence-corrected chi connectivity index (χ4v) is 1.15. The molecule has 0 saturated heterocycles. The first-order valence-electron chi connectivity index (χ1n) is 5.45. The van der Waals surface area contributed by atoms with Crippen molar-refractivity contribution >= 4 is 5.97 Å². The summed E-state index contributed by atoms with van der Waals surface area (Å²) in [5.74, 6) is -0.847. The van der Waals surface area contributed by atoms with Crippen LogP contribution in [-0.4, -0.2) is 24.8 Å². The fourth-order valence-electron chi connectivity index (χ4n) is 1.15. The largest absolute Gasteiger partial charge is 0.460 e. The minimum absolute atomic E-state index is 0.188. The first-order chi connectivity index (χ1) is 7.88. The van der Waals surface area contributed by atoms with Gasteiger partial charge in [-0.3, -0.25) is 0 Å². The molecule has 0 spiro atoms. The minimum atomic E-state index is -0.470. The molecule has 0 amide bonds. The first-order valence-corrected chi connectivity index (χ1v) is 5.45. The molecular formula is C13H17FO3. The zero-order valence-electron chi connectivity index (χ0n) is 10.3. The summed E-state index contributed by atoms with van der Waals surface area (Å²) in [6, 6.07) is 5.23. The monoisotopic (exact) mass is 240 g/mol. The fraction of sp³-hybridized carbons (Fsp3) is 0.462. The molecule has 17 heavy (non-hydrogen) atoms. The number of benzene rings is 1. The lowest BCUT2D eigenvalue weighted by Gasteiger charge is -2.19. The second-order valence-electron chi connectivity index (χ2n) is 4.60. The van der Waals surface area contributed by atoms with Crippen molar-refractivity contribution in [2.75, 3.05) is 13.2 Å². The number of hydrogen-bond donors (Lipinski definition) is 0. The first kappa shape index (κ1) is 13.6. The van der Waals surface area contributed by atoms with Crippen LogP contribution in [0, 0.1) is 5.82 Å². The van der Waals surface area contributed by atoms with E-state index in [4.69, 9.17) is 9.47 Å². The molecule has 1 aromatic rings. The quantitative estimate of drug-likeness (QED) is 0.599. The van der Waals surface area contributed by atoms with Gasteiger partial charge < -0.3 is 9.47 Å². The highest BCUT2D eigenvalue weighted by Gasteiger charge is 2.11. The molecule has 0 N–H and O–H groups in total. The van der Waals surface area contributed by atoms with Gasteiger partial charge in [-0.1, -0.05) is 0 Å². The summed E-state index contributed by atoms with van der Waals surface area (Å²) in [6.07, 6.45) is 0. The number of esters is 1. The zero-order chi connectivity index (χ0) is 12.9. The smallest absolute Gasteiger partial charge is 0.338 e. The van der Waals surface area contributed by atoms with Crippen molar-refractivity contribution in [3.63, 3.8) is 0 Å². The highest BCUT2D eigenvalue weighted by molar-refractivity contribution is 5.89. The molecule has 0 saturated carbocycles. The molecule has 3 nitrogen and oxygen atoms in total. The van der Waals surface area contributed by atoms with Crippen LogP contribution in [0.15, 0.2) is 24.3 Å². The van der Waals surface area contributed by atoms with Crippen molar-refractivity contribution < 1.29 is 18.7 Å². The van der Waals surface area contributed by atoms with Crippen LogP contribution < -0.4 is 0 Å². The zero-order valence-corrected chi connectivity index (χ0v) is 10.3. The molecule has 0 fully saturated rings. The highest BCUT2D eigenvalue weighted by atomic mass is 19.1. The Balaban J connectivity index is 2.33. The van der Waals surface area contributed by atoms with E-state index >= 15 is 0 Å². The SMILES string of the molecule is CC(C)(C)OCCOC(=O)c1ccc(F)cc1. The Hall–Kier alpha value is -1.42. The third-order valence-electron chi connectivity index (χ3n) is 1.93. The summed E-state index contributed by atoms with van der Waals surface area (Å²) in [6.45, 7) is 6.31. The molecule has 0 aliphatic carbocycles. The van der Waals surface area contributed by atoms with Gasteiger partial charge in [-0.05, 0) is 45.0 Å². The summed E-state index contributed by atoms with van der Waals surface area (Å²) >= 11 is 0. The van der Waals surface area contributed by atoms with Crippen LogP contribution in [0.25, 0.3) is 0 Å². The molecule has 0 unspecified atom stereocenters. The Morgan fingerprint density at radius 2 is 1.76 bits per heavy atom. The Bertz CT molecular complexity index is 365. The molecule has 0 heterocycles. The average molecular weight is 240 g/mol. The topological polar surface area (TPSA) is 35.5 Å². The van der Waals surface area contributed by atoms with Crippen molar-refractivity contribution in [3.05, 3.63) is 35.6 Å². The van der Waals surface area contributed by atoms with Crippen LogP contribution in [-0.2, 0) is 9.47 Å². The number of carbonyl (C=O) groups is 1. The van der Waals surface area contributed by atoms with Crippen molar-refractivity contribution in [2.45, 2.75) is 26.4 Å². The molecular weight excluding hydrogens is 223 g/mol. The van der Waals surface area contributed by atoms with Gasteiger partial charge in [-0.2, -0.15) is 0 Å². The van der Waals surface area contributed by atoms with Gasteiger partial charge >= 0.3 is 5.97 Å². The van der Waals surface area contributed by atoms with Gasteiger partial charge in [0.1, 0.15) is 12.4 Å². The molecule has 0 aliphatic heterocycles. The van der Waals surface area contributed by atoms with Gasteiger partial charge in [0.05, 0.1) is 17.8 Å². The lowest BCUT2D eigenvalue weighted by atomic mass is 10.2. The van der Waals surface area contributed by atoms with Crippen LogP contribution in [0.4, 0.5) is 4.39 Å². The summed E-state index contributed by atoms with van der Waals surface area (Å²) in [5.41, 5.74) is 0.0876. The van der Waals surface area contributed by atoms with Crippen molar-refractivity contribution in [2.24, 2.45) is 0 Å². The van der Waals surface area contributed by atoms with Crippen LogP contribution >= 0.6 is 0 Å². The second-order valence-corrected chi connectivity index (χ2v) is 4.60. The molecule has 0 atom stereocenters. The standard InChI is InChI=1S/C13H17FO3/c1-13(2,3)17-9-8-16-12(15)10-4-6-11(14)7-5-10/h4-7H,8-9H2,1-3H3. The van der Waals surface area contributed by atoms with E-state index in [1.165, 1.54) is 24.3 Å².